The summed E-state index contributed by atoms with van der Waals surface area (Å²) in [5.41, 5.74) is 0.214. The van der Waals surface area contributed by atoms with Crippen molar-refractivity contribution >= 4 is 33.7 Å². The number of ether oxygens (including phenoxy) is 1. The van der Waals surface area contributed by atoms with Gasteiger partial charge in [0, 0.05) is 10.0 Å². The van der Waals surface area contributed by atoms with Gasteiger partial charge in [0.1, 0.15) is 6.54 Å². The van der Waals surface area contributed by atoms with Crippen LogP contribution in [0.25, 0.3) is 0 Å². The number of nitrogens with zero attached hydrogens (tertiary/aromatic N) is 1. The van der Waals surface area contributed by atoms with Crippen LogP contribution < -0.4 is 0 Å². The van der Waals surface area contributed by atoms with E-state index in [2.05, 4.69) is 20.7 Å². The number of amides is 2. The summed E-state index contributed by atoms with van der Waals surface area (Å²) in [5.74, 6) is -1.50. The van der Waals surface area contributed by atoms with Crippen LogP contribution >= 0.6 is 15.9 Å². The molecule has 1 aromatic rings. The summed E-state index contributed by atoms with van der Waals surface area (Å²) in [7, 11) is 1.22. The Balaban J connectivity index is 2.53. The number of benzene rings is 1. The highest BCUT2D eigenvalue weighted by Gasteiger charge is 2.45. The highest BCUT2D eigenvalue weighted by molar-refractivity contribution is 9.10. The van der Waals surface area contributed by atoms with Crippen molar-refractivity contribution in [3.63, 3.8) is 0 Å². The molecule has 0 saturated carbocycles. The van der Waals surface area contributed by atoms with Crippen molar-refractivity contribution in [2.24, 2.45) is 0 Å². The predicted octanol–water partition coefficient (Wildman–Crippen LogP) is 1.88. The number of carbonyl (C=O) groups excluding carboxylic acids is 3. The number of methoxy groups -OCH3 is 1. The third kappa shape index (κ3) is 2.24. The fourth-order valence-electron chi connectivity index (χ4n) is 2.25. The van der Waals surface area contributed by atoms with Gasteiger partial charge in [-0.3, -0.25) is 19.3 Å². The topological polar surface area (TPSA) is 63.7 Å². The second-order valence-corrected chi connectivity index (χ2v) is 6.00. The van der Waals surface area contributed by atoms with Gasteiger partial charge in [0.15, 0.2) is 0 Å². The molecule has 0 atom stereocenters. The summed E-state index contributed by atoms with van der Waals surface area (Å²) < 4.78 is 5.33. The molecule has 0 N–H and O–H groups in total. The zero-order valence-corrected chi connectivity index (χ0v) is 13.0. The fourth-order valence-corrected chi connectivity index (χ4v) is 2.61. The van der Waals surface area contributed by atoms with Crippen molar-refractivity contribution in [3.8, 4) is 0 Å². The maximum absolute atomic E-state index is 12.5. The molecule has 0 spiro atoms. The lowest BCUT2D eigenvalue weighted by atomic mass is 9.77. The second-order valence-electron chi connectivity index (χ2n) is 5.09. The molecule has 0 unspecified atom stereocenters. The molecule has 0 saturated heterocycles. The first-order valence-corrected chi connectivity index (χ1v) is 6.81. The van der Waals surface area contributed by atoms with Gasteiger partial charge < -0.3 is 4.74 Å². The monoisotopic (exact) mass is 339 g/mol. The van der Waals surface area contributed by atoms with Crippen LogP contribution in [0.5, 0.6) is 0 Å². The van der Waals surface area contributed by atoms with E-state index >= 15 is 0 Å². The quantitative estimate of drug-likeness (QED) is 0.609. The third-order valence-electron chi connectivity index (χ3n) is 3.43. The van der Waals surface area contributed by atoms with Crippen LogP contribution in [0.1, 0.15) is 29.8 Å². The Hall–Kier alpha value is -1.69. The van der Waals surface area contributed by atoms with E-state index in [1.165, 1.54) is 7.11 Å². The van der Waals surface area contributed by atoms with E-state index in [0.717, 1.165) is 9.37 Å². The summed E-state index contributed by atoms with van der Waals surface area (Å²) in [6.45, 7) is 3.10. The average Bonchev–Trinajstić information content (AvgIpc) is 2.41. The van der Waals surface area contributed by atoms with Gasteiger partial charge in [-0.2, -0.15) is 0 Å². The van der Waals surface area contributed by atoms with Crippen LogP contribution in [0.4, 0.5) is 0 Å². The Kier molecular flexibility index (Phi) is 3.69. The number of rotatable bonds is 2. The van der Waals surface area contributed by atoms with E-state index in [4.69, 9.17) is 0 Å². The van der Waals surface area contributed by atoms with E-state index in [1.807, 2.05) is 0 Å². The maximum Gasteiger partial charge on any atom is 0.325 e. The Bertz CT molecular complexity index is 609. The number of hydrogen-bond donors (Lipinski definition) is 0. The number of carbonyl (C=O) groups is 3. The minimum Gasteiger partial charge on any atom is -0.468 e. The minimum absolute atomic E-state index is 0.368. The van der Waals surface area contributed by atoms with Crippen LogP contribution in [-0.2, 0) is 19.7 Å². The molecule has 0 bridgehead atoms. The average molecular weight is 340 g/mol. The molecule has 1 aromatic carbocycles. The van der Waals surface area contributed by atoms with Crippen LogP contribution in [0.3, 0.4) is 0 Å². The SMILES string of the molecule is COC(=O)CN1C(=O)c2ccc(Br)cc2C(C)(C)C1=O. The van der Waals surface area contributed by atoms with Gasteiger partial charge in [-0.25, -0.2) is 0 Å². The summed E-state index contributed by atoms with van der Waals surface area (Å²) in [4.78, 5) is 37.1. The molecule has 0 fully saturated rings. The third-order valence-corrected chi connectivity index (χ3v) is 3.92. The van der Waals surface area contributed by atoms with Gasteiger partial charge in [0.05, 0.1) is 12.5 Å². The largest absolute Gasteiger partial charge is 0.468 e. The van der Waals surface area contributed by atoms with E-state index in [0.29, 0.717) is 11.1 Å². The zero-order chi connectivity index (χ0) is 15.1. The predicted molar refractivity (Wildman–Crippen MR) is 75.2 cm³/mol. The Morgan fingerprint density at radius 2 is 2.00 bits per heavy atom. The molecule has 1 heterocycles. The molecule has 1 aliphatic rings. The van der Waals surface area contributed by atoms with Crippen LogP contribution in [0.15, 0.2) is 22.7 Å². The van der Waals surface area contributed by atoms with Crippen LogP contribution in [-0.4, -0.2) is 36.3 Å². The molecule has 106 valence electrons. The lowest BCUT2D eigenvalue weighted by molar-refractivity contribution is -0.147. The first kappa shape index (κ1) is 14.7. The van der Waals surface area contributed by atoms with Gasteiger partial charge in [-0.05, 0) is 37.6 Å². The molecule has 0 aliphatic carbocycles. The number of hydrogen-bond acceptors (Lipinski definition) is 4. The van der Waals surface area contributed by atoms with E-state index in [-0.39, 0.29) is 6.54 Å². The van der Waals surface area contributed by atoms with Crippen molar-refractivity contribution in [1.82, 2.24) is 4.90 Å². The standard InChI is InChI=1S/C14H14BrNO4/c1-14(2)10-6-8(15)4-5-9(10)12(18)16(13(14)19)7-11(17)20-3/h4-6H,7H2,1-3H3. The fraction of sp³-hybridized carbons (Fsp3) is 0.357. The van der Waals surface area contributed by atoms with Crippen molar-refractivity contribution in [3.05, 3.63) is 33.8 Å². The maximum atomic E-state index is 12.5. The van der Waals surface area contributed by atoms with E-state index in [1.54, 1.807) is 32.0 Å². The molecule has 6 heteroatoms. The molecule has 20 heavy (non-hydrogen) atoms. The van der Waals surface area contributed by atoms with Crippen molar-refractivity contribution < 1.29 is 19.1 Å². The number of fused-ring (bicyclic) bond motifs is 1. The van der Waals surface area contributed by atoms with Crippen LogP contribution in [0, 0.1) is 0 Å². The Morgan fingerprint density at radius 1 is 1.35 bits per heavy atom. The van der Waals surface area contributed by atoms with E-state index < -0.39 is 23.2 Å². The van der Waals surface area contributed by atoms with Crippen molar-refractivity contribution in [2.45, 2.75) is 19.3 Å². The summed E-state index contributed by atoms with van der Waals surface area (Å²) >= 11 is 3.34. The van der Waals surface area contributed by atoms with Crippen molar-refractivity contribution in [1.29, 1.82) is 0 Å². The molecule has 2 rings (SSSR count). The number of halogens is 1. The molecule has 0 aromatic heterocycles. The van der Waals surface area contributed by atoms with Crippen LogP contribution in [0.2, 0.25) is 0 Å². The molecule has 0 radical (unpaired) electrons. The Morgan fingerprint density at radius 3 is 2.60 bits per heavy atom. The lowest BCUT2D eigenvalue weighted by Gasteiger charge is -2.36. The normalized spacial score (nSPS) is 16.9. The second kappa shape index (κ2) is 5.01. The summed E-state index contributed by atoms with van der Waals surface area (Å²) in [5, 5.41) is 0. The summed E-state index contributed by atoms with van der Waals surface area (Å²) in [6, 6.07) is 5.15. The number of esters is 1. The lowest BCUT2D eigenvalue weighted by Crippen LogP contribution is -2.53. The zero-order valence-electron chi connectivity index (χ0n) is 11.4. The smallest absolute Gasteiger partial charge is 0.325 e. The first-order valence-electron chi connectivity index (χ1n) is 6.02. The molecule has 5 nitrogen and oxygen atoms in total. The highest BCUT2D eigenvalue weighted by Crippen LogP contribution is 2.35. The molecular weight excluding hydrogens is 326 g/mol. The first-order chi connectivity index (χ1) is 9.28. The molecule has 1 aliphatic heterocycles. The van der Waals surface area contributed by atoms with E-state index in [9.17, 15) is 14.4 Å². The molecule has 2 amide bonds. The number of imide groups is 1. The van der Waals surface area contributed by atoms with Gasteiger partial charge >= 0.3 is 5.97 Å². The molecular formula is C14H14BrNO4. The van der Waals surface area contributed by atoms with Gasteiger partial charge in [-0.1, -0.05) is 15.9 Å². The van der Waals surface area contributed by atoms with Gasteiger partial charge in [-0.15, -0.1) is 0 Å². The Labute approximate surface area is 125 Å². The minimum atomic E-state index is -0.874. The van der Waals surface area contributed by atoms with Gasteiger partial charge in [0.2, 0.25) is 5.91 Å². The summed E-state index contributed by atoms with van der Waals surface area (Å²) in [6.07, 6.45) is 0. The van der Waals surface area contributed by atoms with Gasteiger partial charge in [0.25, 0.3) is 5.91 Å². The highest BCUT2D eigenvalue weighted by atomic mass is 79.9. The van der Waals surface area contributed by atoms with Crippen molar-refractivity contribution in [2.75, 3.05) is 13.7 Å².